The topological polar surface area (TPSA) is 12.4 Å². The first-order valence-corrected chi connectivity index (χ1v) is 4.00. The van der Waals surface area contributed by atoms with E-state index in [0.717, 1.165) is 5.04 Å². The van der Waals surface area contributed by atoms with Crippen LogP contribution in [0, 0.1) is 0 Å². The molecule has 0 atom stereocenters. The fraction of sp³-hybridized carbons (Fsp3) is 0.125. The molecule has 0 aromatic heterocycles. The highest BCUT2D eigenvalue weighted by Crippen LogP contribution is 2.10. The Morgan fingerprint density at radius 3 is 3.20 bits per heavy atom. The summed E-state index contributed by atoms with van der Waals surface area (Å²) in [5.74, 6) is 0. The maximum absolute atomic E-state index is 4.16. The molecular weight excluding hydrogens is 142 g/mol. The molecule has 0 amide bonds. The third-order valence-electron chi connectivity index (χ3n) is 0.976. The first-order chi connectivity index (χ1) is 4.93. The second kappa shape index (κ2) is 4.12. The molecule has 1 aliphatic rings. The Morgan fingerprint density at radius 1 is 1.50 bits per heavy atom. The van der Waals surface area contributed by atoms with Crippen LogP contribution in [0.4, 0.5) is 0 Å². The smallest absolute Gasteiger partial charge is 0.0998 e. The van der Waals surface area contributed by atoms with Crippen LogP contribution in [-0.2, 0) is 0 Å². The number of rotatable bonds is 1. The highest BCUT2D eigenvalue weighted by atomic mass is 32.2. The van der Waals surface area contributed by atoms with Gasteiger partial charge in [-0.25, -0.2) is 4.99 Å². The van der Waals surface area contributed by atoms with Crippen LogP contribution in [0.15, 0.2) is 40.9 Å². The molecule has 10 heavy (non-hydrogen) atoms. The van der Waals surface area contributed by atoms with Crippen LogP contribution < -0.4 is 0 Å². The lowest BCUT2D eigenvalue weighted by molar-refractivity contribution is 1.59. The van der Waals surface area contributed by atoms with E-state index in [1.54, 1.807) is 18.0 Å². The van der Waals surface area contributed by atoms with Gasteiger partial charge in [0.15, 0.2) is 0 Å². The normalized spacial score (nSPS) is 17.5. The molecule has 1 rings (SSSR count). The fourth-order valence-electron chi connectivity index (χ4n) is 0.576. The van der Waals surface area contributed by atoms with Crippen LogP contribution in [0.5, 0.6) is 0 Å². The Labute approximate surface area is 65.2 Å². The van der Waals surface area contributed by atoms with E-state index in [-0.39, 0.29) is 0 Å². The molecule has 1 nitrogen and oxygen atoms in total. The summed E-state index contributed by atoms with van der Waals surface area (Å²) < 4.78 is 0. The van der Waals surface area contributed by atoms with Crippen LogP contribution in [0.25, 0.3) is 0 Å². The Bertz CT molecular complexity index is 211. The van der Waals surface area contributed by atoms with E-state index in [4.69, 9.17) is 0 Å². The van der Waals surface area contributed by atoms with Crippen LogP contribution >= 0.6 is 11.8 Å². The minimum absolute atomic E-state index is 1.03. The molecule has 0 fully saturated rings. The van der Waals surface area contributed by atoms with Gasteiger partial charge in [-0.15, -0.1) is 0 Å². The summed E-state index contributed by atoms with van der Waals surface area (Å²) in [7, 11) is 0. The van der Waals surface area contributed by atoms with Crippen molar-refractivity contribution in [2.45, 2.75) is 6.92 Å². The number of allylic oxidation sites excluding steroid dienone is 3. The number of aliphatic imine (C=N–C) groups is 1. The van der Waals surface area contributed by atoms with Gasteiger partial charge in [-0.2, -0.15) is 0 Å². The van der Waals surface area contributed by atoms with E-state index in [1.807, 2.05) is 36.6 Å². The molecule has 2 heteroatoms. The highest BCUT2D eigenvalue weighted by molar-refractivity contribution is 8.16. The van der Waals surface area contributed by atoms with Gasteiger partial charge in [-0.1, -0.05) is 23.9 Å². The first kappa shape index (κ1) is 7.35. The second-order valence-corrected chi connectivity index (χ2v) is 2.68. The Morgan fingerprint density at radius 2 is 2.40 bits per heavy atom. The van der Waals surface area contributed by atoms with Gasteiger partial charge in [0, 0.05) is 6.20 Å². The van der Waals surface area contributed by atoms with Crippen molar-refractivity contribution < 1.29 is 0 Å². The molecule has 0 saturated heterocycles. The third kappa shape index (κ3) is 2.23. The molecule has 0 aromatic rings. The minimum Gasteiger partial charge on any atom is -0.250 e. The lowest BCUT2D eigenvalue weighted by Crippen LogP contribution is -1.79. The number of nitrogens with zero attached hydrogens (tertiary/aromatic N) is 1. The quantitative estimate of drug-likeness (QED) is 0.561. The molecule has 1 aliphatic heterocycles. The van der Waals surface area contributed by atoms with E-state index in [0.29, 0.717) is 0 Å². The second-order valence-electron chi connectivity index (χ2n) is 1.76. The molecular formula is C8H9NS. The standard InChI is InChI=1S/C8H9NS/c1-2-5-8-9-6-3-4-7-10-8/h2-7H,1H3. The van der Waals surface area contributed by atoms with Gasteiger partial charge in [-0.3, -0.25) is 0 Å². The summed E-state index contributed by atoms with van der Waals surface area (Å²) in [4.78, 5) is 4.16. The zero-order chi connectivity index (χ0) is 7.23. The summed E-state index contributed by atoms with van der Waals surface area (Å²) in [6.07, 6.45) is 9.67. The zero-order valence-corrected chi connectivity index (χ0v) is 6.64. The van der Waals surface area contributed by atoms with Crippen molar-refractivity contribution in [3.05, 3.63) is 35.9 Å². The van der Waals surface area contributed by atoms with E-state index in [9.17, 15) is 0 Å². The van der Waals surface area contributed by atoms with Crippen molar-refractivity contribution in [3.8, 4) is 0 Å². The minimum atomic E-state index is 1.03. The summed E-state index contributed by atoms with van der Waals surface area (Å²) in [6, 6.07) is 0. The Balaban J connectivity index is 2.68. The van der Waals surface area contributed by atoms with Gasteiger partial charge in [0.2, 0.25) is 0 Å². The van der Waals surface area contributed by atoms with E-state index >= 15 is 0 Å². The van der Waals surface area contributed by atoms with Crippen molar-refractivity contribution in [2.24, 2.45) is 4.99 Å². The first-order valence-electron chi connectivity index (χ1n) is 3.12. The van der Waals surface area contributed by atoms with Crippen LogP contribution in [0.3, 0.4) is 0 Å². The molecule has 1 heterocycles. The molecule has 0 saturated carbocycles. The van der Waals surface area contributed by atoms with Crippen LogP contribution in [0.2, 0.25) is 0 Å². The summed E-state index contributed by atoms with van der Waals surface area (Å²) in [5, 5.41) is 3.05. The molecule has 0 N–H and O–H groups in total. The van der Waals surface area contributed by atoms with Crippen molar-refractivity contribution in [1.82, 2.24) is 0 Å². The average molecular weight is 151 g/mol. The Kier molecular flexibility index (Phi) is 3.03. The van der Waals surface area contributed by atoms with Crippen molar-refractivity contribution in [1.29, 1.82) is 0 Å². The van der Waals surface area contributed by atoms with Crippen molar-refractivity contribution in [2.75, 3.05) is 0 Å². The molecule has 0 bridgehead atoms. The monoisotopic (exact) mass is 151 g/mol. The predicted molar refractivity (Wildman–Crippen MR) is 48.1 cm³/mol. The lowest BCUT2D eigenvalue weighted by atomic mass is 10.5. The molecule has 0 aliphatic carbocycles. The predicted octanol–water partition coefficient (Wildman–Crippen LogP) is 2.74. The average Bonchev–Trinajstić information content (AvgIpc) is 2.17. The number of hydrogen-bond acceptors (Lipinski definition) is 2. The largest absolute Gasteiger partial charge is 0.250 e. The fourth-order valence-corrected chi connectivity index (χ4v) is 1.22. The summed E-state index contributed by atoms with van der Waals surface area (Å²) in [6.45, 7) is 1.99. The SMILES string of the molecule is CC=CC1=NC=CC=CS1. The van der Waals surface area contributed by atoms with Gasteiger partial charge in [0.25, 0.3) is 0 Å². The van der Waals surface area contributed by atoms with Gasteiger partial charge < -0.3 is 0 Å². The van der Waals surface area contributed by atoms with Gasteiger partial charge in [0.05, 0.1) is 5.04 Å². The summed E-state index contributed by atoms with van der Waals surface area (Å²) >= 11 is 1.63. The van der Waals surface area contributed by atoms with Crippen LogP contribution in [0.1, 0.15) is 6.92 Å². The van der Waals surface area contributed by atoms with Gasteiger partial charge in [0.1, 0.15) is 0 Å². The molecule has 0 aromatic carbocycles. The number of thioether (sulfide) groups is 1. The van der Waals surface area contributed by atoms with Crippen LogP contribution in [-0.4, -0.2) is 5.04 Å². The molecule has 0 spiro atoms. The van der Waals surface area contributed by atoms with Gasteiger partial charge >= 0.3 is 0 Å². The molecule has 0 unspecified atom stereocenters. The molecule has 52 valence electrons. The molecule has 0 radical (unpaired) electrons. The van der Waals surface area contributed by atoms with Crippen molar-refractivity contribution in [3.63, 3.8) is 0 Å². The maximum atomic E-state index is 4.16. The third-order valence-corrected chi connectivity index (χ3v) is 1.75. The van der Waals surface area contributed by atoms with Gasteiger partial charge in [-0.05, 0) is 24.5 Å². The Hall–Kier alpha value is -0.760. The maximum Gasteiger partial charge on any atom is 0.0998 e. The van der Waals surface area contributed by atoms with E-state index in [2.05, 4.69) is 4.99 Å². The van der Waals surface area contributed by atoms with Crippen molar-refractivity contribution >= 4 is 16.8 Å². The van der Waals surface area contributed by atoms with E-state index < -0.39 is 0 Å². The summed E-state index contributed by atoms with van der Waals surface area (Å²) in [5.41, 5.74) is 0. The lowest BCUT2D eigenvalue weighted by Gasteiger charge is -1.88. The highest BCUT2D eigenvalue weighted by Gasteiger charge is 1.90. The zero-order valence-electron chi connectivity index (χ0n) is 5.82. The van der Waals surface area contributed by atoms with E-state index in [1.165, 1.54) is 0 Å². The number of hydrogen-bond donors (Lipinski definition) is 0.